The number of aromatic amines is 1. The maximum absolute atomic E-state index is 4.68. The lowest BCUT2D eigenvalue weighted by Gasteiger charge is -2.28. The predicted molar refractivity (Wildman–Crippen MR) is 135 cm³/mol. The lowest BCUT2D eigenvalue weighted by Crippen LogP contribution is -2.38. The molecule has 0 saturated carbocycles. The zero-order valence-electron chi connectivity index (χ0n) is 17.1. The van der Waals surface area contributed by atoms with Crippen LogP contribution in [0.1, 0.15) is 5.56 Å². The Morgan fingerprint density at radius 1 is 0.645 bits per heavy atom. The van der Waals surface area contributed by atoms with Crippen molar-refractivity contribution in [1.82, 2.24) is 4.98 Å². The fraction of sp³-hybridized carbons (Fsp3) is 0.0357. The van der Waals surface area contributed by atoms with E-state index in [-0.39, 0.29) is 0 Å². The molecule has 1 aliphatic rings. The molecule has 1 aromatic heterocycles. The molecule has 1 aliphatic heterocycles. The number of rotatable bonds is 4. The number of nitrogens with zero attached hydrogens (tertiary/aromatic N) is 1. The van der Waals surface area contributed by atoms with E-state index in [0.29, 0.717) is 0 Å². The van der Waals surface area contributed by atoms with Crippen LogP contribution in [0.25, 0.3) is 10.9 Å². The van der Waals surface area contributed by atoms with E-state index in [1.807, 2.05) is 12.4 Å². The third-order valence-electron chi connectivity index (χ3n) is 6.21. The molecule has 31 heavy (non-hydrogen) atoms. The van der Waals surface area contributed by atoms with Crippen molar-refractivity contribution in [3.63, 3.8) is 0 Å². The fourth-order valence-electron chi connectivity index (χ4n) is 4.74. The van der Waals surface area contributed by atoms with Crippen molar-refractivity contribution in [2.75, 3.05) is 0 Å². The Morgan fingerprint density at radius 2 is 1.32 bits per heavy atom. The number of aliphatic imine (C=N–C) groups is 1. The van der Waals surface area contributed by atoms with Crippen molar-refractivity contribution >= 4 is 51.3 Å². The number of benzene rings is 4. The lowest BCUT2D eigenvalue weighted by atomic mass is 10.2. The van der Waals surface area contributed by atoms with Crippen molar-refractivity contribution in [2.24, 2.45) is 4.99 Å². The summed E-state index contributed by atoms with van der Waals surface area (Å²) in [6.07, 6.45) is 4.96. The van der Waals surface area contributed by atoms with Gasteiger partial charge in [0.1, 0.15) is 28.5 Å². The first-order valence-corrected chi connectivity index (χ1v) is 12.4. The first-order chi connectivity index (χ1) is 15.4. The van der Waals surface area contributed by atoms with Gasteiger partial charge in [-0.2, -0.15) is 0 Å². The quantitative estimate of drug-likeness (QED) is 0.397. The monoisotopic (exact) mass is 417 g/mol. The van der Waals surface area contributed by atoms with Crippen molar-refractivity contribution in [3.05, 3.63) is 115 Å². The van der Waals surface area contributed by atoms with Gasteiger partial charge < -0.3 is 4.98 Å². The normalized spacial score (nSPS) is 12.9. The van der Waals surface area contributed by atoms with E-state index in [0.717, 1.165) is 12.1 Å². The molecule has 4 aromatic carbocycles. The van der Waals surface area contributed by atoms with Gasteiger partial charge in [-0.3, -0.25) is 4.99 Å². The summed E-state index contributed by atoms with van der Waals surface area (Å²) >= 11 is 0. The van der Waals surface area contributed by atoms with Crippen LogP contribution in [0.15, 0.2) is 114 Å². The topological polar surface area (TPSA) is 28.1 Å². The first kappa shape index (κ1) is 18.3. The van der Waals surface area contributed by atoms with Crippen molar-refractivity contribution in [3.8, 4) is 0 Å². The molecule has 0 fully saturated rings. The van der Waals surface area contributed by atoms with Gasteiger partial charge in [0.2, 0.25) is 0 Å². The van der Waals surface area contributed by atoms with Gasteiger partial charge in [-0.1, -0.05) is 42.5 Å². The Bertz CT molecular complexity index is 1360. The molecule has 6 rings (SSSR count). The van der Waals surface area contributed by atoms with Crippen LogP contribution in [0, 0.1) is 0 Å². The second-order valence-corrected chi connectivity index (χ2v) is 11.3. The molecule has 0 bridgehead atoms. The molecule has 0 saturated heterocycles. The van der Waals surface area contributed by atoms with Crippen LogP contribution >= 0.6 is 7.26 Å². The van der Waals surface area contributed by atoms with Crippen molar-refractivity contribution in [2.45, 2.75) is 6.42 Å². The van der Waals surface area contributed by atoms with E-state index in [4.69, 9.17) is 0 Å². The lowest BCUT2D eigenvalue weighted by molar-refractivity contribution is 1.42. The van der Waals surface area contributed by atoms with E-state index in [1.54, 1.807) is 0 Å². The molecule has 0 radical (unpaired) electrons. The highest BCUT2D eigenvalue weighted by molar-refractivity contribution is 8.01. The standard InChI is InChI=1S/C28H22N2P/c1-3-7-23(8-4-1)31(24-9-5-2-6-10-24,25-13-14-27-22(19-25)16-18-29-27)26-12-11-21-15-17-30-28(21)20-26/h1-14,16-20,29H,15H2/q+1. The number of fused-ring (bicyclic) bond motifs is 2. The molecule has 0 spiro atoms. The summed E-state index contributed by atoms with van der Waals surface area (Å²) in [7, 11) is -2.11. The second kappa shape index (κ2) is 7.34. The van der Waals surface area contributed by atoms with Gasteiger partial charge in [0.15, 0.2) is 0 Å². The van der Waals surface area contributed by atoms with Gasteiger partial charge in [0, 0.05) is 35.8 Å². The van der Waals surface area contributed by atoms with Gasteiger partial charge in [-0.15, -0.1) is 0 Å². The Morgan fingerprint density at radius 3 is 2.06 bits per heavy atom. The molecule has 1 N–H and O–H groups in total. The maximum Gasteiger partial charge on any atom is 0.144 e. The van der Waals surface area contributed by atoms with Crippen molar-refractivity contribution in [1.29, 1.82) is 0 Å². The van der Waals surface area contributed by atoms with Gasteiger partial charge in [-0.05, 0) is 60.2 Å². The molecular formula is C28H22N2P+. The third kappa shape index (κ3) is 2.87. The van der Waals surface area contributed by atoms with Gasteiger partial charge in [0.25, 0.3) is 0 Å². The summed E-state index contributed by atoms with van der Waals surface area (Å²) in [4.78, 5) is 8.03. The van der Waals surface area contributed by atoms with E-state index in [9.17, 15) is 0 Å². The molecule has 5 aromatic rings. The van der Waals surface area contributed by atoms with Crippen LogP contribution in [-0.4, -0.2) is 11.2 Å². The Kier molecular flexibility index (Phi) is 4.33. The molecular weight excluding hydrogens is 395 g/mol. The van der Waals surface area contributed by atoms with Crippen LogP contribution in [0.3, 0.4) is 0 Å². The largest absolute Gasteiger partial charge is 0.361 e. The molecule has 2 heterocycles. The second-order valence-electron chi connectivity index (χ2n) is 7.92. The molecule has 2 nitrogen and oxygen atoms in total. The summed E-state index contributed by atoms with van der Waals surface area (Å²) in [6.45, 7) is 0. The van der Waals surface area contributed by atoms with E-state index in [1.165, 1.54) is 37.7 Å². The number of nitrogens with one attached hydrogen (secondary N) is 1. The Hall–Kier alpha value is -3.48. The molecule has 0 amide bonds. The summed E-state index contributed by atoms with van der Waals surface area (Å²) in [6, 6.07) is 38.0. The van der Waals surface area contributed by atoms with Crippen LogP contribution in [0.5, 0.6) is 0 Å². The highest BCUT2D eigenvalue weighted by atomic mass is 31.2. The summed E-state index contributed by atoms with van der Waals surface area (Å²) in [5.74, 6) is 0. The Balaban J connectivity index is 1.74. The van der Waals surface area contributed by atoms with Crippen molar-refractivity contribution < 1.29 is 0 Å². The third-order valence-corrected chi connectivity index (χ3v) is 10.5. The minimum atomic E-state index is -2.11. The van der Waals surface area contributed by atoms with Gasteiger partial charge >= 0.3 is 0 Å². The highest BCUT2D eigenvalue weighted by Gasteiger charge is 2.48. The first-order valence-electron chi connectivity index (χ1n) is 10.6. The maximum atomic E-state index is 4.68. The van der Waals surface area contributed by atoms with Crippen LogP contribution < -0.4 is 21.2 Å². The zero-order chi connectivity index (χ0) is 20.7. The molecule has 0 atom stereocenters. The van der Waals surface area contributed by atoms with E-state index >= 15 is 0 Å². The summed E-state index contributed by atoms with van der Waals surface area (Å²) in [5.41, 5.74) is 3.59. The van der Waals surface area contributed by atoms with Crippen LogP contribution in [0.4, 0.5) is 5.69 Å². The number of H-pyrrole nitrogens is 1. The summed E-state index contributed by atoms with van der Waals surface area (Å²) < 4.78 is 0. The summed E-state index contributed by atoms with van der Waals surface area (Å²) in [5, 5.41) is 6.67. The molecule has 3 heteroatoms. The molecule has 148 valence electrons. The van der Waals surface area contributed by atoms with Crippen LogP contribution in [-0.2, 0) is 6.42 Å². The van der Waals surface area contributed by atoms with Gasteiger partial charge in [0.05, 0.1) is 5.69 Å². The zero-order valence-corrected chi connectivity index (χ0v) is 18.0. The van der Waals surface area contributed by atoms with Gasteiger partial charge in [-0.25, -0.2) is 0 Å². The SMILES string of the molecule is C1=Nc2cc([P+](c3ccccc3)(c3ccccc3)c3ccc4[nH]ccc4c3)ccc2C1. The highest BCUT2D eigenvalue weighted by Crippen LogP contribution is 2.55. The fourth-order valence-corrected chi connectivity index (χ4v) is 9.02. The van der Waals surface area contributed by atoms with E-state index < -0.39 is 7.26 Å². The smallest absolute Gasteiger partial charge is 0.144 e. The molecule has 0 aliphatic carbocycles. The number of aromatic nitrogens is 1. The average molecular weight is 417 g/mol. The minimum absolute atomic E-state index is 0.924. The Labute approximate surface area is 182 Å². The van der Waals surface area contributed by atoms with E-state index in [2.05, 4.69) is 113 Å². The minimum Gasteiger partial charge on any atom is -0.361 e. The number of hydrogen-bond donors (Lipinski definition) is 1. The average Bonchev–Trinajstić information content (AvgIpc) is 3.50. The predicted octanol–water partition coefficient (Wildman–Crippen LogP) is 5.05. The van der Waals surface area contributed by atoms with Crippen LogP contribution in [0.2, 0.25) is 0 Å². The number of hydrogen-bond acceptors (Lipinski definition) is 1. The molecule has 0 unspecified atom stereocenters.